The van der Waals surface area contributed by atoms with Gasteiger partial charge < -0.3 is 10.1 Å². The van der Waals surface area contributed by atoms with E-state index in [-0.39, 0.29) is 23.1 Å². The number of hydrogen-bond donors (Lipinski definition) is 1. The van der Waals surface area contributed by atoms with Crippen molar-refractivity contribution in [3.63, 3.8) is 0 Å². The minimum Gasteiger partial charge on any atom is -0.462 e. The molecule has 1 heterocycles. The zero-order valence-electron chi connectivity index (χ0n) is 13.2. The van der Waals surface area contributed by atoms with E-state index in [1.165, 1.54) is 11.4 Å². The van der Waals surface area contributed by atoms with Gasteiger partial charge in [0.25, 0.3) is 0 Å². The lowest BCUT2D eigenvalue weighted by molar-refractivity contribution is 0.0525. The highest BCUT2D eigenvalue weighted by atomic mass is 32.2. The molecule has 0 aliphatic carbocycles. The molecule has 0 unspecified atom stereocenters. The summed E-state index contributed by atoms with van der Waals surface area (Å²) in [5.41, 5.74) is -0.107. The Morgan fingerprint density at radius 3 is 2.61 bits per heavy atom. The number of carbonyl (C=O) groups is 1. The molecule has 1 fully saturated rings. The van der Waals surface area contributed by atoms with E-state index in [1.807, 2.05) is 0 Å². The van der Waals surface area contributed by atoms with E-state index < -0.39 is 21.8 Å². The first kappa shape index (κ1) is 17.8. The number of halogens is 1. The average Bonchev–Trinajstić information content (AvgIpc) is 2.54. The molecule has 1 aliphatic rings. The molecule has 0 saturated carbocycles. The minimum atomic E-state index is -3.87. The maximum absolute atomic E-state index is 13.8. The largest absolute Gasteiger partial charge is 0.462 e. The monoisotopic (exact) mass is 344 g/mol. The van der Waals surface area contributed by atoms with Crippen LogP contribution in [0.5, 0.6) is 0 Å². The van der Waals surface area contributed by atoms with Gasteiger partial charge in [-0.2, -0.15) is 4.31 Å². The maximum Gasteiger partial charge on any atom is 0.338 e. The lowest BCUT2D eigenvalue weighted by Crippen LogP contribution is -2.43. The van der Waals surface area contributed by atoms with Crippen LogP contribution in [0, 0.1) is 5.82 Å². The molecule has 0 radical (unpaired) electrons. The third-order valence-electron chi connectivity index (χ3n) is 3.88. The van der Waals surface area contributed by atoms with E-state index in [4.69, 9.17) is 4.74 Å². The number of carbonyl (C=O) groups excluding carboxylic acids is 1. The summed E-state index contributed by atoms with van der Waals surface area (Å²) in [5, 5.41) is 3.17. The molecule has 0 spiro atoms. The Hall–Kier alpha value is -1.51. The molecule has 1 saturated heterocycles. The van der Waals surface area contributed by atoms with E-state index in [0.717, 1.165) is 31.3 Å². The van der Waals surface area contributed by atoms with Gasteiger partial charge in [-0.3, -0.25) is 0 Å². The van der Waals surface area contributed by atoms with Crippen LogP contribution in [0.1, 0.15) is 30.1 Å². The Morgan fingerprint density at radius 1 is 1.35 bits per heavy atom. The quantitative estimate of drug-likeness (QED) is 0.817. The van der Waals surface area contributed by atoms with Crippen LogP contribution in [0.2, 0.25) is 0 Å². The van der Waals surface area contributed by atoms with Crippen LogP contribution in [0.3, 0.4) is 0 Å². The van der Waals surface area contributed by atoms with Crippen LogP contribution in [0.4, 0.5) is 4.39 Å². The molecule has 1 aliphatic heterocycles. The van der Waals surface area contributed by atoms with Crippen LogP contribution in [0.15, 0.2) is 23.1 Å². The number of esters is 1. The lowest BCUT2D eigenvalue weighted by Gasteiger charge is -2.30. The number of sulfonamides is 1. The minimum absolute atomic E-state index is 0.107. The Balaban J connectivity index is 2.33. The molecular formula is C15H21FN2O4S. The lowest BCUT2D eigenvalue weighted by atomic mass is 10.1. The molecule has 1 aromatic rings. The van der Waals surface area contributed by atoms with E-state index >= 15 is 0 Å². The number of nitrogens with zero attached hydrogens (tertiary/aromatic N) is 1. The van der Waals surface area contributed by atoms with Gasteiger partial charge in [-0.1, -0.05) is 0 Å². The van der Waals surface area contributed by atoms with Gasteiger partial charge in [0.15, 0.2) is 0 Å². The van der Waals surface area contributed by atoms with Gasteiger partial charge in [0, 0.05) is 13.1 Å². The standard InChI is InChI=1S/C15H21FN2O4S/c1-3-22-15(19)11-8-12(16)10-14(9-11)23(20,21)18(2)13-4-6-17-7-5-13/h8-10,13,17H,3-7H2,1-2H3. The van der Waals surface area contributed by atoms with E-state index in [0.29, 0.717) is 12.8 Å². The number of piperidine rings is 1. The molecule has 0 amide bonds. The first-order valence-electron chi connectivity index (χ1n) is 7.52. The fourth-order valence-electron chi connectivity index (χ4n) is 2.58. The average molecular weight is 344 g/mol. The van der Waals surface area contributed by atoms with Crippen LogP contribution in [0.25, 0.3) is 0 Å². The predicted octanol–water partition coefficient (Wildman–Crippen LogP) is 1.37. The Kier molecular flexibility index (Phi) is 5.72. The summed E-state index contributed by atoms with van der Waals surface area (Å²) in [5.74, 6) is -1.53. The fraction of sp³-hybridized carbons (Fsp3) is 0.533. The highest BCUT2D eigenvalue weighted by molar-refractivity contribution is 7.89. The number of benzene rings is 1. The molecule has 1 N–H and O–H groups in total. The smallest absolute Gasteiger partial charge is 0.338 e. The molecular weight excluding hydrogens is 323 g/mol. The Bertz CT molecular complexity index is 672. The van der Waals surface area contributed by atoms with Gasteiger partial charge in [-0.25, -0.2) is 17.6 Å². The van der Waals surface area contributed by atoms with E-state index in [1.54, 1.807) is 6.92 Å². The normalized spacial score (nSPS) is 16.5. The van der Waals surface area contributed by atoms with Crippen molar-refractivity contribution < 1.29 is 22.3 Å². The molecule has 128 valence electrons. The summed E-state index contributed by atoms with van der Waals surface area (Å²) < 4.78 is 45.2. The molecule has 8 heteroatoms. The fourth-order valence-corrected chi connectivity index (χ4v) is 4.05. The van der Waals surface area contributed by atoms with Crippen molar-refractivity contribution in [1.82, 2.24) is 9.62 Å². The topological polar surface area (TPSA) is 75.7 Å². The Morgan fingerprint density at radius 2 is 2.00 bits per heavy atom. The third kappa shape index (κ3) is 4.07. The number of hydrogen-bond acceptors (Lipinski definition) is 5. The first-order valence-corrected chi connectivity index (χ1v) is 8.96. The van der Waals surface area contributed by atoms with Crippen LogP contribution in [-0.4, -0.2) is 51.5 Å². The number of ether oxygens (including phenoxy) is 1. The molecule has 23 heavy (non-hydrogen) atoms. The van der Waals surface area contributed by atoms with Gasteiger partial charge in [0.1, 0.15) is 5.82 Å². The van der Waals surface area contributed by atoms with E-state index in [9.17, 15) is 17.6 Å². The SMILES string of the molecule is CCOC(=O)c1cc(F)cc(S(=O)(=O)N(C)C2CCNCC2)c1. The van der Waals surface area contributed by atoms with Crippen molar-refractivity contribution in [3.05, 3.63) is 29.6 Å². The molecule has 6 nitrogen and oxygen atoms in total. The molecule has 0 aromatic heterocycles. The predicted molar refractivity (Wildman–Crippen MR) is 83.2 cm³/mol. The molecule has 0 bridgehead atoms. The van der Waals surface area contributed by atoms with Crippen molar-refractivity contribution in [2.45, 2.75) is 30.7 Å². The first-order chi connectivity index (χ1) is 10.9. The zero-order chi connectivity index (χ0) is 17.0. The summed E-state index contributed by atoms with van der Waals surface area (Å²) in [6.07, 6.45) is 1.38. The van der Waals surface area contributed by atoms with Gasteiger partial charge in [0.2, 0.25) is 10.0 Å². The van der Waals surface area contributed by atoms with Crippen molar-refractivity contribution in [1.29, 1.82) is 0 Å². The second-order valence-corrected chi connectivity index (χ2v) is 7.40. The van der Waals surface area contributed by atoms with Gasteiger partial charge in [-0.05, 0) is 51.1 Å². The summed E-state index contributed by atoms with van der Waals surface area (Å²) in [4.78, 5) is 11.5. The van der Waals surface area contributed by atoms with Crippen LogP contribution < -0.4 is 5.32 Å². The van der Waals surface area contributed by atoms with Crippen LogP contribution in [-0.2, 0) is 14.8 Å². The zero-order valence-corrected chi connectivity index (χ0v) is 14.0. The summed E-state index contributed by atoms with van der Waals surface area (Å²) in [6.45, 7) is 3.23. The summed E-state index contributed by atoms with van der Waals surface area (Å²) in [7, 11) is -2.39. The summed E-state index contributed by atoms with van der Waals surface area (Å²) >= 11 is 0. The number of nitrogens with one attached hydrogen (secondary N) is 1. The van der Waals surface area contributed by atoms with Gasteiger partial charge in [0.05, 0.1) is 17.1 Å². The Labute approximate surface area is 135 Å². The maximum atomic E-state index is 13.8. The number of rotatable bonds is 5. The molecule has 2 rings (SSSR count). The molecule has 0 atom stereocenters. The highest BCUT2D eigenvalue weighted by Crippen LogP contribution is 2.23. The van der Waals surface area contributed by atoms with Crippen LogP contribution >= 0.6 is 0 Å². The van der Waals surface area contributed by atoms with Crippen molar-refractivity contribution in [3.8, 4) is 0 Å². The highest BCUT2D eigenvalue weighted by Gasteiger charge is 2.30. The third-order valence-corrected chi connectivity index (χ3v) is 5.77. The van der Waals surface area contributed by atoms with Crippen molar-refractivity contribution in [2.24, 2.45) is 0 Å². The summed E-state index contributed by atoms with van der Waals surface area (Å²) in [6, 6.07) is 2.92. The van der Waals surface area contributed by atoms with Gasteiger partial charge >= 0.3 is 5.97 Å². The van der Waals surface area contributed by atoms with Crippen molar-refractivity contribution >= 4 is 16.0 Å². The second-order valence-electron chi connectivity index (χ2n) is 5.40. The second kappa shape index (κ2) is 7.37. The van der Waals surface area contributed by atoms with Crippen molar-refractivity contribution in [2.75, 3.05) is 26.7 Å². The van der Waals surface area contributed by atoms with Gasteiger partial charge in [-0.15, -0.1) is 0 Å². The van der Waals surface area contributed by atoms with E-state index in [2.05, 4.69) is 5.32 Å². The molecule has 1 aromatic carbocycles.